The number of benzene rings is 1. The molecule has 1 aromatic rings. The molecule has 1 aromatic carbocycles. The zero-order chi connectivity index (χ0) is 13.7. The van der Waals surface area contributed by atoms with Gasteiger partial charge in [0.25, 0.3) is 0 Å². The molecule has 0 saturated carbocycles. The van der Waals surface area contributed by atoms with Crippen LogP contribution in [-0.4, -0.2) is 23.4 Å². The lowest BCUT2D eigenvalue weighted by Gasteiger charge is -2.28. The number of imide groups is 1. The molecule has 0 radical (unpaired) electrons. The molecule has 1 atom stereocenters. The zero-order valence-electron chi connectivity index (χ0n) is 11.2. The fourth-order valence-corrected chi connectivity index (χ4v) is 2.23. The van der Waals surface area contributed by atoms with Gasteiger partial charge in [0, 0.05) is 13.0 Å². The highest BCUT2D eigenvalue weighted by Gasteiger charge is 2.30. The maximum absolute atomic E-state index is 11.9. The Bertz CT molecular complexity index is 444. The normalized spacial score (nSPS) is 19.3. The molecule has 2 rings (SSSR count). The topological polar surface area (TPSA) is 46.6 Å². The van der Waals surface area contributed by atoms with Crippen LogP contribution >= 0.6 is 0 Å². The summed E-state index contributed by atoms with van der Waals surface area (Å²) in [7, 11) is 0. The standard InChI is InChI=1S/C15H19NO3/c1-2-12-8-9-16(14(17)10-12)15(18)19-11-13-6-4-3-5-7-13/h3-7,12H,2,8-11H2,1H3. The largest absolute Gasteiger partial charge is 0.444 e. The van der Waals surface area contributed by atoms with Gasteiger partial charge in [0.1, 0.15) is 6.61 Å². The van der Waals surface area contributed by atoms with Gasteiger partial charge in [-0.15, -0.1) is 0 Å². The van der Waals surface area contributed by atoms with Crippen LogP contribution in [0.1, 0.15) is 31.7 Å². The van der Waals surface area contributed by atoms with E-state index in [0.717, 1.165) is 18.4 Å². The molecule has 0 bridgehead atoms. The first-order valence-electron chi connectivity index (χ1n) is 6.71. The Labute approximate surface area is 113 Å². The van der Waals surface area contributed by atoms with Crippen molar-refractivity contribution in [1.29, 1.82) is 0 Å². The highest BCUT2D eigenvalue weighted by Crippen LogP contribution is 2.21. The summed E-state index contributed by atoms with van der Waals surface area (Å²) < 4.78 is 5.17. The van der Waals surface area contributed by atoms with Gasteiger partial charge in [0.2, 0.25) is 5.91 Å². The van der Waals surface area contributed by atoms with E-state index >= 15 is 0 Å². The highest BCUT2D eigenvalue weighted by molar-refractivity contribution is 5.92. The molecule has 102 valence electrons. The third kappa shape index (κ3) is 3.56. The van der Waals surface area contributed by atoms with Crippen molar-refractivity contribution in [2.45, 2.75) is 32.8 Å². The molecule has 1 aliphatic rings. The Hall–Kier alpha value is -1.84. The Morgan fingerprint density at radius 2 is 2.11 bits per heavy atom. The number of ether oxygens (including phenoxy) is 1. The van der Waals surface area contributed by atoms with Crippen LogP contribution in [0.15, 0.2) is 30.3 Å². The van der Waals surface area contributed by atoms with E-state index in [9.17, 15) is 9.59 Å². The molecule has 0 aromatic heterocycles. The minimum atomic E-state index is -0.525. The minimum absolute atomic E-state index is 0.115. The second kappa shape index (κ2) is 6.36. The van der Waals surface area contributed by atoms with Crippen LogP contribution < -0.4 is 0 Å². The minimum Gasteiger partial charge on any atom is -0.444 e. The first-order chi connectivity index (χ1) is 9.20. The van der Waals surface area contributed by atoms with Crippen molar-refractivity contribution >= 4 is 12.0 Å². The van der Waals surface area contributed by atoms with Gasteiger partial charge in [-0.25, -0.2) is 9.69 Å². The molecular weight excluding hydrogens is 242 g/mol. The maximum atomic E-state index is 11.9. The van der Waals surface area contributed by atoms with Gasteiger partial charge >= 0.3 is 6.09 Å². The highest BCUT2D eigenvalue weighted by atomic mass is 16.6. The molecule has 1 heterocycles. The molecule has 0 aliphatic carbocycles. The van der Waals surface area contributed by atoms with Crippen LogP contribution in [-0.2, 0) is 16.1 Å². The van der Waals surface area contributed by atoms with Crippen LogP contribution in [0, 0.1) is 5.92 Å². The molecule has 0 N–H and O–H groups in total. The molecule has 4 nitrogen and oxygen atoms in total. The van der Waals surface area contributed by atoms with Crippen LogP contribution in [0.4, 0.5) is 4.79 Å². The summed E-state index contributed by atoms with van der Waals surface area (Å²) in [5, 5.41) is 0. The lowest BCUT2D eigenvalue weighted by Crippen LogP contribution is -2.43. The number of piperidine rings is 1. The number of likely N-dealkylation sites (tertiary alicyclic amines) is 1. The van der Waals surface area contributed by atoms with Crippen molar-refractivity contribution in [3.8, 4) is 0 Å². The Kier molecular flexibility index (Phi) is 4.55. The van der Waals surface area contributed by atoms with Gasteiger partial charge in [0.15, 0.2) is 0 Å². The van der Waals surface area contributed by atoms with Gasteiger partial charge in [-0.05, 0) is 17.9 Å². The fraction of sp³-hybridized carbons (Fsp3) is 0.467. The maximum Gasteiger partial charge on any atom is 0.416 e. The number of hydrogen-bond donors (Lipinski definition) is 0. The van der Waals surface area contributed by atoms with E-state index in [1.807, 2.05) is 30.3 Å². The Balaban J connectivity index is 1.85. The van der Waals surface area contributed by atoms with Crippen LogP contribution in [0.3, 0.4) is 0 Å². The third-order valence-corrected chi connectivity index (χ3v) is 3.53. The van der Waals surface area contributed by atoms with Crippen molar-refractivity contribution in [3.05, 3.63) is 35.9 Å². The number of amides is 2. The number of hydrogen-bond acceptors (Lipinski definition) is 3. The van der Waals surface area contributed by atoms with Gasteiger partial charge in [-0.2, -0.15) is 0 Å². The van der Waals surface area contributed by atoms with E-state index < -0.39 is 6.09 Å². The SMILES string of the molecule is CCC1CCN(C(=O)OCc2ccccc2)C(=O)C1. The average molecular weight is 261 g/mol. The molecule has 2 amide bonds. The van der Waals surface area contributed by atoms with Crippen LogP contribution in [0.2, 0.25) is 0 Å². The molecular formula is C15H19NO3. The van der Waals surface area contributed by atoms with Crippen LogP contribution in [0.25, 0.3) is 0 Å². The van der Waals surface area contributed by atoms with Crippen molar-refractivity contribution in [2.75, 3.05) is 6.54 Å². The summed E-state index contributed by atoms with van der Waals surface area (Å²) in [6.07, 6.45) is 1.79. The first-order valence-corrected chi connectivity index (χ1v) is 6.71. The van der Waals surface area contributed by atoms with Crippen molar-refractivity contribution < 1.29 is 14.3 Å². The van der Waals surface area contributed by atoms with Gasteiger partial charge in [-0.1, -0.05) is 43.7 Å². The molecule has 1 saturated heterocycles. The monoisotopic (exact) mass is 261 g/mol. The molecule has 4 heteroatoms. The Morgan fingerprint density at radius 3 is 2.74 bits per heavy atom. The molecule has 1 fully saturated rings. The zero-order valence-corrected chi connectivity index (χ0v) is 11.2. The smallest absolute Gasteiger partial charge is 0.416 e. The van der Waals surface area contributed by atoms with Crippen molar-refractivity contribution in [1.82, 2.24) is 4.90 Å². The third-order valence-electron chi connectivity index (χ3n) is 3.53. The molecule has 19 heavy (non-hydrogen) atoms. The van der Waals surface area contributed by atoms with E-state index in [4.69, 9.17) is 4.74 Å². The molecule has 0 spiro atoms. The van der Waals surface area contributed by atoms with Crippen molar-refractivity contribution in [2.24, 2.45) is 5.92 Å². The van der Waals surface area contributed by atoms with E-state index in [2.05, 4.69) is 6.92 Å². The summed E-state index contributed by atoms with van der Waals surface area (Å²) in [6, 6.07) is 9.46. The fourth-order valence-electron chi connectivity index (χ4n) is 2.23. The predicted octanol–water partition coefficient (Wildman–Crippen LogP) is 2.97. The second-order valence-corrected chi connectivity index (χ2v) is 4.85. The lowest BCUT2D eigenvalue weighted by atomic mass is 9.94. The first kappa shape index (κ1) is 13.6. The van der Waals surface area contributed by atoms with Crippen LogP contribution in [0.5, 0.6) is 0 Å². The molecule has 1 aliphatic heterocycles. The van der Waals surface area contributed by atoms with E-state index in [0.29, 0.717) is 18.9 Å². The van der Waals surface area contributed by atoms with Gasteiger partial charge in [-0.3, -0.25) is 4.79 Å². The second-order valence-electron chi connectivity index (χ2n) is 4.85. The van der Waals surface area contributed by atoms with E-state index in [1.165, 1.54) is 4.90 Å². The summed E-state index contributed by atoms with van der Waals surface area (Å²) in [6.45, 7) is 2.76. The number of carbonyl (C=O) groups is 2. The summed E-state index contributed by atoms with van der Waals surface area (Å²) in [4.78, 5) is 24.9. The van der Waals surface area contributed by atoms with Gasteiger partial charge in [0.05, 0.1) is 0 Å². The lowest BCUT2D eigenvalue weighted by molar-refractivity contribution is -0.133. The van der Waals surface area contributed by atoms with Gasteiger partial charge < -0.3 is 4.74 Å². The summed E-state index contributed by atoms with van der Waals surface area (Å²) in [5.41, 5.74) is 0.923. The van der Waals surface area contributed by atoms with E-state index in [-0.39, 0.29) is 12.5 Å². The number of carbonyl (C=O) groups excluding carboxylic acids is 2. The quantitative estimate of drug-likeness (QED) is 0.840. The number of nitrogens with zero attached hydrogens (tertiary/aromatic N) is 1. The Morgan fingerprint density at radius 1 is 1.37 bits per heavy atom. The summed E-state index contributed by atoms with van der Waals surface area (Å²) in [5.74, 6) is 0.293. The predicted molar refractivity (Wildman–Crippen MR) is 71.4 cm³/mol. The number of rotatable bonds is 3. The van der Waals surface area contributed by atoms with Crippen molar-refractivity contribution in [3.63, 3.8) is 0 Å². The average Bonchev–Trinajstić information content (AvgIpc) is 2.45. The molecule has 1 unspecified atom stereocenters. The van der Waals surface area contributed by atoms with E-state index in [1.54, 1.807) is 0 Å². The summed E-state index contributed by atoms with van der Waals surface area (Å²) >= 11 is 0.